The fourth-order valence-corrected chi connectivity index (χ4v) is 2.18. The molecule has 4 N–H and O–H groups in total. The van der Waals surface area contributed by atoms with Crippen LogP contribution in [0, 0.1) is 0 Å². The Kier molecular flexibility index (Phi) is 4.51. The summed E-state index contributed by atoms with van der Waals surface area (Å²) in [5.74, 6) is -0.327. The van der Waals surface area contributed by atoms with Gasteiger partial charge in [-0.25, -0.2) is 4.98 Å². The first-order chi connectivity index (χ1) is 9.20. The number of aromatic amines is 1. The van der Waals surface area contributed by atoms with Crippen LogP contribution in [0.5, 0.6) is 0 Å². The number of likely N-dealkylation sites (N-methyl/N-ethyl adjacent to an activating group) is 1. The van der Waals surface area contributed by atoms with E-state index in [9.17, 15) is 9.59 Å². The van der Waals surface area contributed by atoms with E-state index in [0.29, 0.717) is 6.42 Å². The molecule has 7 nitrogen and oxygen atoms in total. The monoisotopic (exact) mass is 265 g/mol. The van der Waals surface area contributed by atoms with Crippen molar-refractivity contribution < 1.29 is 9.59 Å². The van der Waals surface area contributed by atoms with Gasteiger partial charge >= 0.3 is 0 Å². The smallest absolute Gasteiger partial charge is 0.242 e. The number of imidazole rings is 1. The van der Waals surface area contributed by atoms with E-state index < -0.39 is 6.04 Å². The van der Waals surface area contributed by atoms with Crippen LogP contribution in [0.2, 0.25) is 0 Å². The van der Waals surface area contributed by atoms with Gasteiger partial charge in [0.15, 0.2) is 0 Å². The molecule has 1 fully saturated rings. The Morgan fingerprint density at radius 1 is 1.58 bits per heavy atom. The number of carbonyl (C=O) groups is 2. The van der Waals surface area contributed by atoms with Gasteiger partial charge in [0.2, 0.25) is 11.8 Å². The van der Waals surface area contributed by atoms with Gasteiger partial charge in [-0.15, -0.1) is 0 Å². The minimum absolute atomic E-state index is 0.120. The zero-order chi connectivity index (χ0) is 13.7. The number of hydrogen-bond acceptors (Lipinski definition) is 4. The third-order valence-corrected chi connectivity index (χ3v) is 3.24. The summed E-state index contributed by atoms with van der Waals surface area (Å²) in [5, 5.41) is 8.47. The van der Waals surface area contributed by atoms with E-state index in [2.05, 4.69) is 25.9 Å². The molecule has 2 unspecified atom stereocenters. The first kappa shape index (κ1) is 13.5. The number of carbonyl (C=O) groups excluding carboxylic acids is 2. The predicted octanol–water partition coefficient (Wildman–Crippen LogP) is -1.06. The Labute approximate surface area is 111 Å². The lowest BCUT2D eigenvalue weighted by Gasteiger charge is -2.19. The van der Waals surface area contributed by atoms with Crippen molar-refractivity contribution in [1.29, 1.82) is 0 Å². The summed E-state index contributed by atoms with van der Waals surface area (Å²) in [6.07, 6.45) is 5.41. The van der Waals surface area contributed by atoms with Gasteiger partial charge in [0.25, 0.3) is 0 Å². The maximum atomic E-state index is 12.0. The molecule has 0 aromatic carbocycles. The molecule has 19 heavy (non-hydrogen) atoms. The van der Waals surface area contributed by atoms with Crippen LogP contribution in [0.25, 0.3) is 0 Å². The Bertz CT molecular complexity index is 425. The van der Waals surface area contributed by atoms with Crippen LogP contribution in [0.3, 0.4) is 0 Å². The van der Waals surface area contributed by atoms with Gasteiger partial charge in [0, 0.05) is 25.4 Å². The number of aromatic nitrogens is 2. The number of nitrogens with one attached hydrogen (secondary N) is 4. The quantitative estimate of drug-likeness (QED) is 0.545. The van der Waals surface area contributed by atoms with Crippen LogP contribution in [0.15, 0.2) is 12.5 Å². The summed E-state index contributed by atoms with van der Waals surface area (Å²) >= 11 is 0. The molecule has 2 amide bonds. The predicted molar refractivity (Wildman–Crippen MR) is 69.3 cm³/mol. The maximum Gasteiger partial charge on any atom is 0.242 e. The van der Waals surface area contributed by atoms with Gasteiger partial charge in [0.05, 0.1) is 12.4 Å². The molecule has 1 aliphatic heterocycles. The highest BCUT2D eigenvalue weighted by atomic mass is 16.2. The summed E-state index contributed by atoms with van der Waals surface area (Å²) in [4.78, 5) is 30.7. The SMILES string of the molecule is CNC(=O)C(Cc1cnc[nH]1)NC(=O)C1CCCN1. The lowest BCUT2D eigenvalue weighted by atomic mass is 10.1. The third kappa shape index (κ3) is 3.54. The zero-order valence-electron chi connectivity index (χ0n) is 10.9. The highest BCUT2D eigenvalue weighted by molar-refractivity contribution is 5.89. The molecular formula is C12H19N5O2. The van der Waals surface area contributed by atoms with E-state index in [4.69, 9.17) is 0 Å². The van der Waals surface area contributed by atoms with Crippen molar-refractivity contribution in [1.82, 2.24) is 25.9 Å². The van der Waals surface area contributed by atoms with E-state index >= 15 is 0 Å². The minimum Gasteiger partial charge on any atom is -0.357 e. The van der Waals surface area contributed by atoms with Crippen molar-refractivity contribution >= 4 is 11.8 Å². The fourth-order valence-electron chi connectivity index (χ4n) is 2.18. The summed E-state index contributed by atoms with van der Waals surface area (Å²) in [7, 11) is 1.56. The fraction of sp³-hybridized carbons (Fsp3) is 0.583. The molecule has 2 rings (SSSR count). The topological polar surface area (TPSA) is 98.9 Å². The van der Waals surface area contributed by atoms with E-state index in [1.54, 1.807) is 19.6 Å². The van der Waals surface area contributed by atoms with E-state index in [-0.39, 0.29) is 17.9 Å². The van der Waals surface area contributed by atoms with E-state index in [1.165, 1.54) is 0 Å². The van der Waals surface area contributed by atoms with Gasteiger partial charge in [-0.1, -0.05) is 0 Å². The van der Waals surface area contributed by atoms with Crippen molar-refractivity contribution in [3.63, 3.8) is 0 Å². The molecule has 0 aliphatic carbocycles. The lowest BCUT2D eigenvalue weighted by Crippen LogP contribution is -2.51. The summed E-state index contributed by atoms with van der Waals surface area (Å²) in [6, 6.07) is -0.769. The average Bonchev–Trinajstić information content (AvgIpc) is 3.09. The molecule has 1 saturated heterocycles. The average molecular weight is 265 g/mol. The molecule has 104 valence electrons. The molecular weight excluding hydrogens is 246 g/mol. The van der Waals surface area contributed by atoms with Crippen molar-refractivity contribution in [2.45, 2.75) is 31.3 Å². The van der Waals surface area contributed by atoms with E-state index in [1.807, 2.05) is 0 Å². The van der Waals surface area contributed by atoms with Crippen molar-refractivity contribution in [3.8, 4) is 0 Å². The largest absolute Gasteiger partial charge is 0.357 e. The van der Waals surface area contributed by atoms with E-state index in [0.717, 1.165) is 25.1 Å². The molecule has 2 atom stereocenters. The Hall–Kier alpha value is -1.89. The summed E-state index contributed by atoms with van der Waals surface area (Å²) in [6.45, 7) is 0.850. The first-order valence-corrected chi connectivity index (χ1v) is 6.43. The zero-order valence-corrected chi connectivity index (χ0v) is 10.9. The Morgan fingerprint density at radius 3 is 3.00 bits per heavy atom. The number of rotatable bonds is 5. The molecule has 7 heteroatoms. The summed E-state index contributed by atoms with van der Waals surface area (Å²) in [5.41, 5.74) is 0.813. The number of hydrogen-bond donors (Lipinski definition) is 4. The summed E-state index contributed by atoms with van der Waals surface area (Å²) < 4.78 is 0. The highest BCUT2D eigenvalue weighted by Crippen LogP contribution is 2.06. The second-order valence-electron chi connectivity index (χ2n) is 4.61. The maximum absolute atomic E-state index is 12.0. The molecule has 1 aromatic rings. The van der Waals surface area contributed by atoms with Gasteiger partial charge in [-0.05, 0) is 19.4 Å². The molecule has 0 radical (unpaired) electrons. The van der Waals surface area contributed by atoms with Crippen LogP contribution in [0.4, 0.5) is 0 Å². The van der Waals surface area contributed by atoms with Crippen molar-refractivity contribution in [2.24, 2.45) is 0 Å². The molecule has 0 bridgehead atoms. The van der Waals surface area contributed by atoms with Crippen LogP contribution in [-0.2, 0) is 16.0 Å². The Balaban J connectivity index is 1.97. The van der Waals surface area contributed by atoms with Crippen LogP contribution in [-0.4, -0.2) is 47.5 Å². The highest BCUT2D eigenvalue weighted by Gasteiger charge is 2.27. The standard InChI is InChI=1S/C12H19N5O2/c1-13-11(18)10(5-8-6-14-7-16-8)17-12(19)9-3-2-4-15-9/h6-7,9-10,15H,2-5H2,1H3,(H,13,18)(H,14,16)(H,17,19). The number of amides is 2. The van der Waals surface area contributed by atoms with Gasteiger partial charge < -0.3 is 20.9 Å². The van der Waals surface area contributed by atoms with Gasteiger partial charge in [-0.3, -0.25) is 9.59 Å². The van der Waals surface area contributed by atoms with Crippen molar-refractivity contribution in [3.05, 3.63) is 18.2 Å². The molecule has 0 saturated carbocycles. The van der Waals surface area contributed by atoms with Crippen LogP contribution in [0.1, 0.15) is 18.5 Å². The molecule has 1 aliphatic rings. The lowest BCUT2D eigenvalue weighted by molar-refractivity contribution is -0.129. The van der Waals surface area contributed by atoms with Gasteiger partial charge in [0.1, 0.15) is 6.04 Å². The van der Waals surface area contributed by atoms with Crippen molar-refractivity contribution in [2.75, 3.05) is 13.6 Å². The van der Waals surface area contributed by atoms with Crippen LogP contribution < -0.4 is 16.0 Å². The number of nitrogens with zero attached hydrogens (tertiary/aromatic N) is 1. The number of H-pyrrole nitrogens is 1. The molecule has 2 heterocycles. The second kappa shape index (κ2) is 6.33. The second-order valence-corrected chi connectivity index (χ2v) is 4.61. The third-order valence-electron chi connectivity index (χ3n) is 3.24. The van der Waals surface area contributed by atoms with Gasteiger partial charge in [-0.2, -0.15) is 0 Å². The van der Waals surface area contributed by atoms with Crippen LogP contribution >= 0.6 is 0 Å². The first-order valence-electron chi connectivity index (χ1n) is 6.43. The Morgan fingerprint density at radius 2 is 2.42 bits per heavy atom. The molecule has 0 spiro atoms. The minimum atomic E-state index is -0.583. The normalized spacial score (nSPS) is 19.9. The molecule has 1 aromatic heterocycles.